The summed E-state index contributed by atoms with van der Waals surface area (Å²) in [5.74, 6) is 1.42. The highest BCUT2D eigenvalue weighted by atomic mass is 16.5. The maximum absolute atomic E-state index is 5.46. The van der Waals surface area contributed by atoms with Crippen LogP contribution >= 0.6 is 0 Å². The van der Waals surface area contributed by atoms with Gasteiger partial charge in [0, 0.05) is 13.1 Å². The summed E-state index contributed by atoms with van der Waals surface area (Å²) in [6.07, 6.45) is 4.98. The molecule has 0 spiro atoms. The molecule has 0 atom stereocenters. The first-order valence-corrected chi connectivity index (χ1v) is 4.99. The predicted octanol–water partition coefficient (Wildman–Crippen LogP) is 2.09. The van der Waals surface area contributed by atoms with Crippen molar-refractivity contribution in [3.05, 3.63) is 12.4 Å². The van der Waals surface area contributed by atoms with Gasteiger partial charge in [0.1, 0.15) is 12.1 Å². The summed E-state index contributed by atoms with van der Waals surface area (Å²) in [6, 6.07) is 1.80. The lowest BCUT2D eigenvalue weighted by Crippen LogP contribution is -2.00. The smallest absolute Gasteiger partial charge is 0.218 e. The molecule has 0 bridgehead atoms. The van der Waals surface area contributed by atoms with Gasteiger partial charge >= 0.3 is 0 Å². The van der Waals surface area contributed by atoms with E-state index in [9.17, 15) is 0 Å². The Bertz CT molecular complexity index is 265. The molecule has 0 amide bonds. The Balaban J connectivity index is 2.34. The average Bonchev–Trinajstić information content (AvgIpc) is 2.25. The minimum absolute atomic E-state index is 0.639. The van der Waals surface area contributed by atoms with E-state index in [1.807, 2.05) is 7.05 Å². The highest BCUT2D eigenvalue weighted by Crippen LogP contribution is 2.10. The summed E-state index contributed by atoms with van der Waals surface area (Å²) >= 11 is 0. The second kappa shape index (κ2) is 6.18. The van der Waals surface area contributed by atoms with Gasteiger partial charge in [0.2, 0.25) is 5.88 Å². The van der Waals surface area contributed by atoms with Gasteiger partial charge in [-0.05, 0) is 6.42 Å². The Morgan fingerprint density at radius 3 is 2.93 bits per heavy atom. The van der Waals surface area contributed by atoms with Gasteiger partial charge in [-0.1, -0.05) is 19.8 Å². The predicted molar refractivity (Wildman–Crippen MR) is 56.6 cm³/mol. The van der Waals surface area contributed by atoms with Crippen LogP contribution in [0.4, 0.5) is 5.82 Å². The lowest BCUT2D eigenvalue weighted by molar-refractivity contribution is 0.294. The van der Waals surface area contributed by atoms with Crippen LogP contribution in [0, 0.1) is 0 Å². The average molecular weight is 195 g/mol. The summed E-state index contributed by atoms with van der Waals surface area (Å²) in [6.45, 7) is 2.90. The second-order valence-corrected chi connectivity index (χ2v) is 3.05. The molecule has 0 aromatic carbocycles. The number of aromatic nitrogens is 2. The first-order valence-electron chi connectivity index (χ1n) is 4.99. The normalized spacial score (nSPS) is 9.86. The summed E-state index contributed by atoms with van der Waals surface area (Å²) in [4.78, 5) is 8.01. The maximum Gasteiger partial charge on any atom is 0.218 e. The number of unbranched alkanes of at least 4 members (excludes halogenated alkanes) is 2. The van der Waals surface area contributed by atoms with Crippen LogP contribution in [0.25, 0.3) is 0 Å². The molecule has 0 saturated carbocycles. The molecular formula is C10H17N3O. The van der Waals surface area contributed by atoms with Crippen molar-refractivity contribution in [1.82, 2.24) is 9.97 Å². The van der Waals surface area contributed by atoms with Crippen molar-refractivity contribution < 1.29 is 4.74 Å². The molecule has 0 unspecified atom stereocenters. The summed E-state index contributed by atoms with van der Waals surface area (Å²) in [7, 11) is 1.82. The van der Waals surface area contributed by atoms with Crippen LogP contribution in [-0.2, 0) is 0 Å². The van der Waals surface area contributed by atoms with Crippen LogP contribution in [0.2, 0.25) is 0 Å². The number of anilines is 1. The standard InChI is InChI=1S/C10H17N3O/c1-3-4-5-6-14-10-7-9(11-2)12-8-13-10/h7-8H,3-6H2,1-2H3,(H,11,12,13). The molecule has 78 valence electrons. The minimum atomic E-state index is 0.639. The molecule has 0 aliphatic heterocycles. The Labute approximate surface area is 84.7 Å². The third kappa shape index (κ3) is 3.60. The molecule has 1 aromatic rings. The molecule has 4 nitrogen and oxygen atoms in total. The summed E-state index contributed by atoms with van der Waals surface area (Å²) < 4.78 is 5.46. The quantitative estimate of drug-likeness (QED) is 0.706. The van der Waals surface area contributed by atoms with Gasteiger partial charge < -0.3 is 10.1 Å². The first kappa shape index (κ1) is 10.8. The molecule has 1 N–H and O–H groups in total. The molecule has 1 aromatic heterocycles. The van der Waals surface area contributed by atoms with Crippen molar-refractivity contribution in [3.8, 4) is 5.88 Å². The molecule has 0 aliphatic carbocycles. The van der Waals surface area contributed by atoms with Crippen LogP contribution < -0.4 is 10.1 Å². The number of rotatable bonds is 6. The van der Waals surface area contributed by atoms with E-state index in [-0.39, 0.29) is 0 Å². The number of hydrogen-bond acceptors (Lipinski definition) is 4. The van der Waals surface area contributed by atoms with Crippen molar-refractivity contribution >= 4 is 5.82 Å². The van der Waals surface area contributed by atoms with Gasteiger partial charge in [-0.15, -0.1) is 0 Å². The SMILES string of the molecule is CCCCCOc1cc(NC)ncn1. The van der Waals surface area contributed by atoms with Gasteiger partial charge in [0.15, 0.2) is 0 Å². The Hall–Kier alpha value is -1.32. The first-order chi connectivity index (χ1) is 6.86. The fourth-order valence-corrected chi connectivity index (χ4v) is 1.08. The van der Waals surface area contributed by atoms with Gasteiger partial charge in [0.25, 0.3) is 0 Å². The van der Waals surface area contributed by atoms with E-state index in [0.717, 1.165) is 18.8 Å². The topological polar surface area (TPSA) is 47.0 Å². The van der Waals surface area contributed by atoms with Crippen molar-refractivity contribution in [1.29, 1.82) is 0 Å². The molecule has 1 heterocycles. The Kier molecular flexibility index (Phi) is 4.75. The van der Waals surface area contributed by atoms with E-state index in [4.69, 9.17) is 4.74 Å². The third-order valence-electron chi connectivity index (χ3n) is 1.90. The molecule has 4 heteroatoms. The van der Waals surface area contributed by atoms with Crippen molar-refractivity contribution in [3.63, 3.8) is 0 Å². The molecule has 1 rings (SSSR count). The lowest BCUT2D eigenvalue weighted by Gasteiger charge is -2.05. The molecule has 0 aliphatic rings. The fraction of sp³-hybridized carbons (Fsp3) is 0.600. The zero-order valence-electron chi connectivity index (χ0n) is 8.79. The van der Waals surface area contributed by atoms with E-state index < -0.39 is 0 Å². The zero-order valence-corrected chi connectivity index (χ0v) is 8.79. The minimum Gasteiger partial charge on any atom is -0.478 e. The molecule has 0 saturated heterocycles. The van der Waals surface area contributed by atoms with Crippen molar-refractivity contribution in [2.45, 2.75) is 26.2 Å². The van der Waals surface area contributed by atoms with Gasteiger partial charge in [0.05, 0.1) is 6.61 Å². The third-order valence-corrected chi connectivity index (χ3v) is 1.90. The largest absolute Gasteiger partial charge is 0.478 e. The molecular weight excluding hydrogens is 178 g/mol. The van der Waals surface area contributed by atoms with Crippen LogP contribution in [0.1, 0.15) is 26.2 Å². The maximum atomic E-state index is 5.46. The van der Waals surface area contributed by atoms with Crippen molar-refractivity contribution in [2.75, 3.05) is 19.0 Å². The molecule has 14 heavy (non-hydrogen) atoms. The number of hydrogen-bond donors (Lipinski definition) is 1. The van der Waals surface area contributed by atoms with E-state index in [2.05, 4.69) is 22.2 Å². The number of nitrogens with zero attached hydrogens (tertiary/aromatic N) is 2. The Morgan fingerprint density at radius 2 is 2.21 bits per heavy atom. The zero-order chi connectivity index (χ0) is 10.2. The van der Waals surface area contributed by atoms with E-state index in [1.165, 1.54) is 19.2 Å². The summed E-state index contributed by atoms with van der Waals surface area (Å²) in [5, 5.41) is 2.94. The van der Waals surface area contributed by atoms with Crippen LogP contribution in [0.5, 0.6) is 5.88 Å². The number of nitrogens with one attached hydrogen (secondary N) is 1. The van der Waals surface area contributed by atoms with E-state index in [1.54, 1.807) is 6.07 Å². The molecule has 0 fully saturated rings. The van der Waals surface area contributed by atoms with Crippen LogP contribution in [0.3, 0.4) is 0 Å². The van der Waals surface area contributed by atoms with E-state index >= 15 is 0 Å². The van der Waals surface area contributed by atoms with Crippen LogP contribution in [0.15, 0.2) is 12.4 Å². The lowest BCUT2D eigenvalue weighted by atomic mass is 10.3. The molecule has 0 radical (unpaired) electrons. The summed E-state index contributed by atoms with van der Waals surface area (Å²) in [5.41, 5.74) is 0. The van der Waals surface area contributed by atoms with E-state index in [0.29, 0.717) is 5.88 Å². The van der Waals surface area contributed by atoms with Gasteiger partial charge in [-0.3, -0.25) is 0 Å². The monoisotopic (exact) mass is 195 g/mol. The fourth-order valence-electron chi connectivity index (χ4n) is 1.08. The van der Waals surface area contributed by atoms with Crippen molar-refractivity contribution in [2.24, 2.45) is 0 Å². The number of ether oxygens (including phenoxy) is 1. The second-order valence-electron chi connectivity index (χ2n) is 3.05. The van der Waals surface area contributed by atoms with Gasteiger partial charge in [-0.25, -0.2) is 9.97 Å². The Morgan fingerprint density at radius 1 is 1.36 bits per heavy atom. The van der Waals surface area contributed by atoms with Crippen LogP contribution in [-0.4, -0.2) is 23.6 Å². The highest BCUT2D eigenvalue weighted by Gasteiger charge is 1.97. The highest BCUT2D eigenvalue weighted by molar-refractivity contribution is 5.35. The van der Waals surface area contributed by atoms with Gasteiger partial charge in [-0.2, -0.15) is 0 Å².